The Morgan fingerprint density at radius 1 is 1.00 bits per heavy atom. The van der Waals surface area contributed by atoms with Gasteiger partial charge in [-0.2, -0.15) is 0 Å². The minimum Gasteiger partial charge on any atom is -0.490 e. The van der Waals surface area contributed by atoms with Crippen molar-refractivity contribution in [3.8, 4) is 5.75 Å². The summed E-state index contributed by atoms with van der Waals surface area (Å²) in [6, 6.07) is 14.5. The number of H-pyrrole nitrogens is 1. The van der Waals surface area contributed by atoms with Crippen LogP contribution in [0.5, 0.6) is 5.75 Å². The van der Waals surface area contributed by atoms with Crippen LogP contribution in [0, 0.1) is 0 Å². The van der Waals surface area contributed by atoms with Crippen LogP contribution in [0.4, 0.5) is 0 Å². The summed E-state index contributed by atoms with van der Waals surface area (Å²) in [5.41, 5.74) is 2.24. The fourth-order valence-electron chi connectivity index (χ4n) is 2.30. The Morgan fingerprint density at radius 3 is 2.63 bits per heavy atom. The van der Waals surface area contributed by atoms with Gasteiger partial charge in [-0.15, -0.1) is 0 Å². The van der Waals surface area contributed by atoms with E-state index in [1.165, 1.54) is 10.8 Å². The first-order valence-corrected chi connectivity index (χ1v) is 6.52. The molecule has 3 nitrogen and oxygen atoms in total. The van der Waals surface area contributed by atoms with E-state index in [1.807, 2.05) is 32.3 Å². The van der Waals surface area contributed by atoms with Gasteiger partial charge >= 0.3 is 0 Å². The van der Waals surface area contributed by atoms with Gasteiger partial charge in [0.25, 0.3) is 0 Å². The SMILES string of the molecule is CN(C)CCOc1cccc2c1[nH]c1ccccc12. The molecule has 0 amide bonds. The summed E-state index contributed by atoms with van der Waals surface area (Å²) in [7, 11) is 4.10. The fraction of sp³-hybridized carbons (Fsp3) is 0.250. The standard InChI is InChI=1S/C16H18N2O/c1-18(2)10-11-19-15-9-5-7-13-12-6-3-4-8-14(12)17-16(13)15/h3-9,17H,10-11H2,1-2H3. The summed E-state index contributed by atoms with van der Waals surface area (Å²) in [5.74, 6) is 0.926. The molecule has 0 fully saturated rings. The molecular formula is C16H18N2O. The number of aromatic nitrogens is 1. The maximum absolute atomic E-state index is 5.89. The molecule has 1 aromatic heterocycles. The van der Waals surface area contributed by atoms with Gasteiger partial charge in [-0.05, 0) is 26.2 Å². The van der Waals surface area contributed by atoms with Gasteiger partial charge in [0.05, 0.1) is 5.52 Å². The smallest absolute Gasteiger partial charge is 0.143 e. The first-order valence-electron chi connectivity index (χ1n) is 6.52. The first-order chi connectivity index (χ1) is 9.25. The van der Waals surface area contributed by atoms with Gasteiger partial charge in [0.15, 0.2) is 0 Å². The number of para-hydroxylation sites is 2. The average Bonchev–Trinajstić information content (AvgIpc) is 2.78. The number of nitrogens with zero attached hydrogens (tertiary/aromatic N) is 1. The van der Waals surface area contributed by atoms with E-state index in [0.717, 1.165) is 23.3 Å². The van der Waals surface area contributed by atoms with Crippen LogP contribution in [0.3, 0.4) is 0 Å². The van der Waals surface area contributed by atoms with Crippen molar-refractivity contribution in [2.45, 2.75) is 0 Å². The zero-order valence-corrected chi connectivity index (χ0v) is 11.3. The van der Waals surface area contributed by atoms with Gasteiger partial charge in [-0.1, -0.05) is 30.3 Å². The lowest BCUT2D eigenvalue weighted by Crippen LogP contribution is -2.19. The summed E-state index contributed by atoms with van der Waals surface area (Å²) in [4.78, 5) is 5.56. The minimum atomic E-state index is 0.696. The van der Waals surface area contributed by atoms with Gasteiger partial charge in [-0.3, -0.25) is 0 Å². The van der Waals surface area contributed by atoms with Crippen molar-refractivity contribution in [3.63, 3.8) is 0 Å². The van der Waals surface area contributed by atoms with Crippen molar-refractivity contribution >= 4 is 21.8 Å². The normalized spacial score (nSPS) is 11.5. The highest BCUT2D eigenvalue weighted by Gasteiger charge is 2.08. The summed E-state index contributed by atoms with van der Waals surface area (Å²) in [6.45, 7) is 1.61. The molecule has 3 rings (SSSR count). The van der Waals surface area contributed by atoms with Crippen LogP contribution < -0.4 is 4.74 Å². The van der Waals surface area contributed by atoms with Gasteiger partial charge < -0.3 is 14.6 Å². The van der Waals surface area contributed by atoms with Gasteiger partial charge in [-0.25, -0.2) is 0 Å². The number of hydrogen-bond acceptors (Lipinski definition) is 2. The molecule has 19 heavy (non-hydrogen) atoms. The summed E-state index contributed by atoms with van der Waals surface area (Å²) in [5, 5.41) is 2.47. The molecule has 0 saturated carbocycles. The third-order valence-electron chi connectivity index (χ3n) is 3.30. The molecule has 0 unspecified atom stereocenters. The van der Waals surface area contributed by atoms with E-state index in [-0.39, 0.29) is 0 Å². The number of benzene rings is 2. The lowest BCUT2D eigenvalue weighted by molar-refractivity contribution is 0.263. The van der Waals surface area contributed by atoms with E-state index in [9.17, 15) is 0 Å². The van der Waals surface area contributed by atoms with E-state index in [0.29, 0.717) is 6.61 Å². The Bertz CT molecular complexity index is 700. The molecule has 3 heteroatoms. The lowest BCUT2D eigenvalue weighted by Gasteiger charge is -2.11. The second-order valence-electron chi connectivity index (χ2n) is 5.00. The van der Waals surface area contributed by atoms with E-state index < -0.39 is 0 Å². The van der Waals surface area contributed by atoms with Crippen LogP contribution in [0.2, 0.25) is 0 Å². The van der Waals surface area contributed by atoms with E-state index in [2.05, 4.69) is 34.1 Å². The molecule has 98 valence electrons. The van der Waals surface area contributed by atoms with E-state index in [1.54, 1.807) is 0 Å². The first kappa shape index (κ1) is 12.1. The van der Waals surface area contributed by atoms with Crippen LogP contribution in [0.1, 0.15) is 0 Å². The number of hydrogen-bond donors (Lipinski definition) is 1. The Labute approximate surface area is 112 Å². The fourth-order valence-corrected chi connectivity index (χ4v) is 2.30. The van der Waals surface area contributed by atoms with Crippen LogP contribution in [0.25, 0.3) is 21.8 Å². The van der Waals surface area contributed by atoms with Crippen LogP contribution in [-0.2, 0) is 0 Å². The number of rotatable bonds is 4. The van der Waals surface area contributed by atoms with Gasteiger partial charge in [0.2, 0.25) is 0 Å². The van der Waals surface area contributed by atoms with Crippen molar-refractivity contribution < 1.29 is 4.74 Å². The summed E-state index contributed by atoms with van der Waals surface area (Å²) < 4.78 is 5.89. The zero-order chi connectivity index (χ0) is 13.2. The molecule has 0 aliphatic rings. The van der Waals surface area contributed by atoms with Gasteiger partial charge in [0, 0.05) is 22.8 Å². The highest BCUT2D eigenvalue weighted by molar-refractivity contribution is 6.09. The number of fused-ring (bicyclic) bond motifs is 3. The van der Waals surface area contributed by atoms with Gasteiger partial charge in [0.1, 0.15) is 12.4 Å². The summed E-state index contributed by atoms with van der Waals surface area (Å²) >= 11 is 0. The second-order valence-corrected chi connectivity index (χ2v) is 5.00. The zero-order valence-electron chi connectivity index (χ0n) is 11.3. The molecule has 0 bridgehead atoms. The second kappa shape index (κ2) is 4.94. The minimum absolute atomic E-state index is 0.696. The molecule has 0 radical (unpaired) electrons. The van der Waals surface area contributed by atoms with Crippen molar-refractivity contribution in [3.05, 3.63) is 42.5 Å². The molecular weight excluding hydrogens is 236 g/mol. The monoisotopic (exact) mass is 254 g/mol. The third-order valence-corrected chi connectivity index (χ3v) is 3.30. The van der Waals surface area contributed by atoms with Crippen LogP contribution >= 0.6 is 0 Å². The maximum atomic E-state index is 5.89. The highest BCUT2D eigenvalue weighted by atomic mass is 16.5. The molecule has 2 aromatic carbocycles. The molecule has 3 aromatic rings. The molecule has 0 atom stereocenters. The van der Waals surface area contributed by atoms with Crippen molar-refractivity contribution in [1.29, 1.82) is 0 Å². The Kier molecular flexibility index (Phi) is 3.13. The molecule has 0 spiro atoms. The quantitative estimate of drug-likeness (QED) is 0.774. The Balaban J connectivity index is 2.00. The number of ether oxygens (including phenoxy) is 1. The number of likely N-dealkylation sites (N-methyl/N-ethyl adjacent to an activating group) is 1. The van der Waals surface area contributed by atoms with Crippen LogP contribution in [0.15, 0.2) is 42.5 Å². The van der Waals surface area contributed by atoms with E-state index in [4.69, 9.17) is 4.74 Å². The summed E-state index contributed by atoms with van der Waals surface area (Å²) in [6.07, 6.45) is 0. The third kappa shape index (κ3) is 2.29. The molecule has 0 saturated heterocycles. The van der Waals surface area contributed by atoms with E-state index >= 15 is 0 Å². The maximum Gasteiger partial charge on any atom is 0.143 e. The topological polar surface area (TPSA) is 28.3 Å². The number of nitrogens with one attached hydrogen (secondary N) is 1. The van der Waals surface area contributed by atoms with Crippen molar-refractivity contribution in [2.24, 2.45) is 0 Å². The predicted molar refractivity (Wildman–Crippen MR) is 79.9 cm³/mol. The largest absolute Gasteiger partial charge is 0.490 e. The van der Waals surface area contributed by atoms with Crippen LogP contribution in [-0.4, -0.2) is 37.1 Å². The Morgan fingerprint density at radius 2 is 1.79 bits per heavy atom. The predicted octanol–water partition coefficient (Wildman–Crippen LogP) is 3.26. The lowest BCUT2D eigenvalue weighted by atomic mass is 10.1. The van der Waals surface area contributed by atoms with Crippen molar-refractivity contribution in [2.75, 3.05) is 27.2 Å². The molecule has 1 N–H and O–H groups in total. The van der Waals surface area contributed by atoms with Crippen molar-refractivity contribution in [1.82, 2.24) is 9.88 Å². The molecule has 0 aliphatic carbocycles. The highest BCUT2D eigenvalue weighted by Crippen LogP contribution is 2.31. The Hall–Kier alpha value is -2.00. The molecule has 1 heterocycles. The molecule has 0 aliphatic heterocycles. The number of aromatic amines is 1. The average molecular weight is 254 g/mol.